The molecule has 2 heterocycles. The van der Waals surface area contributed by atoms with Crippen molar-refractivity contribution < 1.29 is 23.8 Å². The largest absolute Gasteiger partial charge is 0.481 e. The molecule has 0 aliphatic carbocycles. The standard InChI is InChI=1S/C25H21BrCl2FN3O4/c1-36-24-13(11-32(25(34)35)12-14-8-9-20(33)30-14)10-19(29)23(31-24)17-6-2-4-15(21(17)27)16-5-3-7-18(26)22(16)28/h2-7,10,14H,8-9,11-12H2,1H3,(H,30,33)(H,34,35). The van der Waals surface area contributed by atoms with Crippen LogP contribution >= 0.6 is 39.1 Å². The van der Waals surface area contributed by atoms with E-state index in [2.05, 4.69) is 26.2 Å². The number of benzene rings is 2. The first-order valence-corrected chi connectivity index (χ1v) is 12.5. The number of amides is 2. The van der Waals surface area contributed by atoms with Crippen LogP contribution in [0.3, 0.4) is 0 Å². The molecule has 3 aromatic rings. The van der Waals surface area contributed by atoms with Gasteiger partial charge in [0.2, 0.25) is 11.8 Å². The average Bonchev–Trinajstić information content (AvgIpc) is 3.26. The summed E-state index contributed by atoms with van der Waals surface area (Å²) in [7, 11) is 1.37. The maximum absolute atomic E-state index is 15.4. The molecule has 1 fully saturated rings. The highest BCUT2D eigenvalue weighted by Gasteiger charge is 2.27. The summed E-state index contributed by atoms with van der Waals surface area (Å²) < 4.78 is 21.5. The molecule has 2 aromatic carbocycles. The van der Waals surface area contributed by atoms with Crippen molar-refractivity contribution in [2.24, 2.45) is 0 Å². The van der Waals surface area contributed by atoms with Crippen LogP contribution in [0.4, 0.5) is 9.18 Å². The number of hydrogen-bond donors (Lipinski definition) is 2. The highest BCUT2D eigenvalue weighted by molar-refractivity contribution is 9.10. The first kappa shape index (κ1) is 26.2. The lowest BCUT2D eigenvalue weighted by Crippen LogP contribution is -2.41. The Morgan fingerprint density at radius 3 is 2.53 bits per heavy atom. The smallest absolute Gasteiger partial charge is 0.407 e. The molecule has 188 valence electrons. The maximum Gasteiger partial charge on any atom is 0.407 e. The number of rotatable bonds is 7. The number of methoxy groups -OCH3 is 1. The van der Waals surface area contributed by atoms with Gasteiger partial charge < -0.3 is 20.1 Å². The van der Waals surface area contributed by atoms with E-state index in [4.69, 9.17) is 27.9 Å². The van der Waals surface area contributed by atoms with Crippen LogP contribution in [0.25, 0.3) is 22.4 Å². The molecule has 11 heteroatoms. The van der Waals surface area contributed by atoms with Gasteiger partial charge in [-0.25, -0.2) is 14.2 Å². The third kappa shape index (κ3) is 5.43. The SMILES string of the molecule is COc1nc(-c2cccc(-c3cccc(Br)c3Cl)c2Cl)c(F)cc1CN(CC1CCC(=O)N1)C(=O)O. The molecule has 4 rings (SSSR count). The third-order valence-electron chi connectivity index (χ3n) is 5.86. The fourth-order valence-corrected chi connectivity index (χ4v) is 5.03. The summed E-state index contributed by atoms with van der Waals surface area (Å²) >= 11 is 16.5. The molecule has 1 unspecified atom stereocenters. The van der Waals surface area contributed by atoms with Gasteiger partial charge in [0.15, 0.2) is 0 Å². The lowest BCUT2D eigenvalue weighted by molar-refractivity contribution is -0.119. The Labute approximate surface area is 225 Å². The molecule has 0 saturated carbocycles. The molecule has 0 bridgehead atoms. The van der Waals surface area contributed by atoms with E-state index in [1.54, 1.807) is 30.3 Å². The Bertz CT molecular complexity index is 1340. The zero-order valence-corrected chi connectivity index (χ0v) is 22.1. The topological polar surface area (TPSA) is 91.8 Å². The van der Waals surface area contributed by atoms with Gasteiger partial charge in [0, 0.05) is 45.7 Å². The van der Waals surface area contributed by atoms with E-state index in [0.29, 0.717) is 39.0 Å². The predicted octanol–water partition coefficient (Wildman–Crippen LogP) is 6.39. The third-order valence-corrected chi connectivity index (χ3v) is 7.57. The highest BCUT2D eigenvalue weighted by atomic mass is 79.9. The number of nitrogens with one attached hydrogen (secondary N) is 1. The normalized spacial score (nSPS) is 15.0. The molecule has 1 aliphatic rings. The van der Waals surface area contributed by atoms with Crippen molar-refractivity contribution in [1.82, 2.24) is 15.2 Å². The molecule has 1 atom stereocenters. The van der Waals surface area contributed by atoms with Crippen molar-refractivity contribution in [2.45, 2.75) is 25.4 Å². The number of halogens is 4. The molecule has 2 N–H and O–H groups in total. The van der Waals surface area contributed by atoms with Gasteiger partial charge in [-0.05, 0) is 34.5 Å². The van der Waals surface area contributed by atoms with Gasteiger partial charge in [0.1, 0.15) is 11.5 Å². The molecule has 0 spiro atoms. The second-order valence-corrected chi connectivity index (χ2v) is 9.83. The fraction of sp³-hybridized carbons (Fsp3) is 0.240. The number of carboxylic acid groups (broad SMARTS) is 1. The summed E-state index contributed by atoms with van der Waals surface area (Å²) in [4.78, 5) is 28.8. The van der Waals surface area contributed by atoms with Crippen molar-refractivity contribution in [3.63, 3.8) is 0 Å². The van der Waals surface area contributed by atoms with Gasteiger partial charge in [-0.15, -0.1) is 0 Å². The summed E-state index contributed by atoms with van der Waals surface area (Å²) in [6.45, 7) is -0.106. The first-order chi connectivity index (χ1) is 17.2. The zero-order chi connectivity index (χ0) is 26.0. The predicted molar refractivity (Wildman–Crippen MR) is 139 cm³/mol. The van der Waals surface area contributed by atoms with Gasteiger partial charge in [-0.1, -0.05) is 53.5 Å². The van der Waals surface area contributed by atoms with E-state index in [0.717, 1.165) is 4.90 Å². The monoisotopic (exact) mass is 595 g/mol. The Hall–Kier alpha value is -2.88. The number of hydrogen-bond acceptors (Lipinski definition) is 4. The van der Waals surface area contributed by atoms with Crippen molar-refractivity contribution in [1.29, 1.82) is 0 Å². The average molecular weight is 597 g/mol. The van der Waals surface area contributed by atoms with Gasteiger partial charge in [0.25, 0.3) is 0 Å². The van der Waals surface area contributed by atoms with E-state index in [1.807, 2.05) is 6.07 Å². The summed E-state index contributed by atoms with van der Waals surface area (Å²) in [5.74, 6) is -0.747. The molecular formula is C25H21BrCl2FN3O4. The minimum atomic E-state index is -1.20. The quantitative estimate of drug-likeness (QED) is 0.330. The van der Waals surface area contributed by atoms with Gasteiger partial charge in [-0.3, -0.25) is 4.79 Å². The van der Waals surface area contributed by atoms with Crippen LogP contribution in [0.5, 0.6) is 5.88 Å². The summed E-state index contributed by atoms with van der Waals surface area (Å²) in [5.41, 5.74) is 1.79. The minimum absolute atomic E-state index is 0.0431. The molecule has 2 amide bonds. The Morgan fingerprint density at radius 1 is 1.22 bits per heavy atom. The van der Waals surface area contributed by atoms with E-state index in [9.17, 15) is 14.7 Å². The second-order valence-electron chi connectivity index (χ2n) is 8.22. The lowest BCUT2D eigenvalue weighted by Gasteiger charge is -2.23. The lowest BCUT2D eigenvalue weighted by atomic mass is 10.0. The zero-order valence-electron chi connectivity index (χ0n) is 19.0. The molecule has 1 aliphatic heterocycles. The number of carbonyl (C=O) groups is 2. The summed E-state index contributed by atoms with van der Waals surface area (Å²) in [6.07, 6.45) is -0.330. The highest BCUT2D eigenvalue weighted by Crippen LogP contribution is 2.41. The minimum Gasteiger partial charge on any atom is -0.481 e. The molecule has 0 radical (unpaired) electrons. The molecule has 1 saturated heterocycles. The van der Waals surface area contributed by atoms with Crippen LogP contribution in [0.15, 0.2) is 46.9 Å². The van der Waals surface area contributed by atoms with Crippen molar-refractivity contribution in [2.75, 3.05) is 13.7 Å². The van der Waals surface area contributed by atoms with E-state index in [-0.39, 0.29) is 47.2 Å². The molecule has 7 nitrogen and oxygen atoms in total. The second kappa shape index (κ2) is 11.0. The maximum atomic E-state index is 15.4. The number of ether oxygens (including phenoxy) is 1. The van der Waals surface area contributed by atoms with E-state index < -0.39 is 11.9 Å². The Kier molecular flexibility index (Phi) is 8.02. The van der Waals surface area contributed by atoms with Crippen LogP contribution in [-0.2, 0) is 11.3 Å². The number of aromatic nitrogens is 1. The molecule has 36 heavy (non-hydrogen) atoms. The summed E-state index contributed by atoms with van der Waals surface area (Å²) in [6, 6.07) is 11.4. The summed E-state index contributed by atoms with van der Waals surface area (Å²) in [5, 5.41) is 13.1. The van der Waals surface area contributed by atoms with Crippen LogP contribution in [0.2, 0.25) is 10.0 Å². The Morgan fingerprint density at radius 2 is 1.89 bits per heavy atom. The van der Waals surface area contributed by atoms with Crippen LogP contribution in [-0.4, -0.2) is 46.7 Å². The van der Waals surface area contributed by atoms with E-state index in [1.165, 1.54) is 13.2 Å². The van der Waals surface area contributed by atoms with Crippen LogP contribution in [0.1, 0.15) is 18.4 Å². The van der Waals surface area contributed by atoms with Gasteiger partial charge in [-0.2, -0.15) is 0 Å². The van der Waals surface area contributed by atoms with Crippen LogP contribution in [0, 0.1) is 5.82 Å². The van der Waals surface area contributed by atoms with Crippen molar-refractivity contribution >= 4 is 51.1 Å². The molecular weight excluding hydrogens is 576 g/mol. The van der Waals surface area contributed by atoms with Crippen molar-refractivity contribution in [3.8, 4) is 28.3 Å². The number of pyridine rings is 1. The number of nitrogens with zero attached hydrogens (tertiary/aromatic N) is 2. The number of carbonyl (C=O) groups excluding carboxylic acids is 1. The van der Waals surface area contributed by atoms with Gasteiger partial charge >= 0.3 is 6.09 Å². The molecule has 1 aromatic heterocycles. The van der Waals surface area contributed by atoms with E-state index >= 15 is 4.39 Å². The van der Waals surface area contributed by atoms with Gasteiger partial charge in [0.05, 0.1) is 23.7 Å². The van der Waals surface area contributed by atoms with Crippen LogP contribution < -0.4 is 10.1 Å². The van der Waals surface area contributed by atoms with Crippen molar-refractivity contribution in [3.05, 3.63) is 68.4 Å². The Balaban J connectivity index is 1.69. The fourth-order valence-electron chi connectivity index (χ4n) is 4.12. The first-order valence-electron chi connectivity index (χ1n) is 10.9.